The fraction of sp³-hybridized carbons (Fsp3) is 0.600. The number of ether oxygens (including phenoxy) is 1. The van der Waals surface area contributed by atoms with Crippen LogP contribution in [0, 0.1) is 11.2 Å². The number of halogens is 2. The van der Waals surface area contributed by atoms with Crippen LogP contribution in [0.3, 0.4) is 0 Å². The number of nitrogens with one attached hydrogen (secondary N) is 1. The van der Waals surface area contributed by atoms with E-state index in [0.717, 1.165) is 18.7 Å². The molecule has 2 nitrogen and oxygen atoms in total. The van der Waals surface area contributed by atoms with Gasteiger partial charge in [0, 0.05) is 23.8 Å². The standard InChI is InChI=1S/C15H19ClFNO/c1-2-19-14-9-13(15(14)6-3-7-15)18-10-4-5-12(17)11(16)8-10/h4-5,8,13-14,18H,2-3,6-7,9H2,1H3. The molecule has 2 saturated carbocycles. The summed E-state index contributed by atoms with van der Waals surface area (Å²) >= 11 is 5.82. The molecule has 0 bridgehead atoms. The first kappa shape index (κ1) is 13.2. The van der Waals surface area contributed by atoms with Gasteiger partial charge in [0.05, 0.1) is 11.1 Å². The molecule has 0 radical (unpaired) electrons. The van der Waals surface area contributed by atoms with Crippen LogP contribution in [-0.2, 0) is 4.74 Å². The lowest BCUT2D eigenvalue weighted by atomic mass is 9.51. The van der Waals surface area contributed by atoms with Gasteiger partial charge in [0.1, 0.15) is 5.82 Å². The molecule has 0 aliphatic heterocycles. The second kappa shape index (κ2) is 4.95. The van der Waals surface area contributed by atoms with Crippen molar-refractivity contribution in [3.8, 4) is 0 Å². The molecule has 1 N–H and O–H groups in total. The molecule has 1 aromatic carbocycles. The van der Waals surface area contributed by atoms with Gasteiger partial charge in [-0.15, -0.1) is 0 Å². The molecule has 2 fully saturated rings. The average molecular weight is 284 g/mol. The Morgan fingerprint density at radius 1 is 1.47 bits per heavy atom. The van der Waals surface area contributed by atoms with E-state index < -0.39 is 0 Å². The first-order chi connectivity index (χ1) is 9.15. The SMILES string of the molecule is CCOC1CC(Nc2ccc(F)c(Cl)c2)C12CCC2. The molecular formula is C15H19ClFNO. The first-order valence-electron chi connectivity index (χ1n) is 6.99. The van der Waals surface area contributed by atoms with Crippen LogP contribution in [0.1, 0.15) is 32.6 Å². The van der Waals surface area contributed by atoms with Crippen molar-refractivity contribution in [3.63, 3.8) is 0 Å². The van der Waals surface area contributed by atoms with E-state index in [9.17, 15) is 4.39 Å². The molecule has 2 aliphatic rings. The average Bonchev–Trinajstić information content (AvgIpc) is 2.30. The predicted molar refractivity (Wildman–Crippen MR) is 75.1 cm³/mol. The maximum Gasteiger partial charge on any atom is 0.141 e. The van der Waals surface area contributed by atoms with Crippen molar-refractivity contribution in [2.24, 2.45) is 5.41 Å². The van der Waals surface area contributed by atoms with Crippen molar-refractivity contribution in [1.29, 1.82) is 0 Å². The van der Waals surface area contributed by atoms with E-state index in [1.807, 2.05) is 6.92 Å². The zero-order valence-electron chi connectivity index (χ0n) is 11.1. The molecule has 2 aliphatic carbocycles. The topological polar surface area (TPSA) is 21.3 Å². The van der Waals surface area contributed by atoms with Crippen LogP contribution in [0.25, 0.3) is 0 Å². The Balaban J connectivity index is 1.69. The third-order valence-corrected chi connectivity index (χ3v) is 4.99. The lowest BCUT2D eigenvalue weighted by Gasteiger charge is -2.61. The second-order valence-corrected chi connectivity index (χ2v) is 6.00. The summed E-state index contributed by atoms with van der Waals surface area (Å²) in [5.74, 6) is -0.369. The molecule has 2 unspecified atom stereocenters. The van der Waals surface area contributed by atoms with E-state index >= 15 is 0 Å². The van der Waals surface area contributed by atoms with Gasteiger partial charge < -0.3 is 10.1 Å². The Kier molecular flexibility index (Phi) is 3.44. The van der Waals surface area contributed by atoms with E-state index in [-0.39, 0.29) is 10.8 Å². The Hall–Kier alpha value is -0.800. The maximum absolute atomic E-state index is 13.1. The van der Waals surface area contributed by atoms with Gasteiger partial charge in [-0.25, -0.2) is 4.39 Å². The van der Waals surface area contributed by atoms with Crippen LogP contribution in [0.4, 0.5) is 10.1 Å². The molecule has 0 amide bonds. The van der Waals surface area contributed by atoms with Crippen molar-refractivity contribution in [1.82, 2.24) is 0 Å². The summed E-state index contributed by atoms with van der Waals surface area (Å²) in [5, 5.41) is 3.67. The summed E-state index contributed by atoms with van der Waals surface area (Å²) in [4.78, 5) is 0. The zero-order chi connectivity index (χ0) is 13.5. The third kappa shape index (κ3) is 2.13. The zero-order valence-corrected chi connectivity index (χ0v) is 11.8. The summed E-state index contributed by atoms with van der Waals surface area (Å²) < 4.78 is 19.0. The van der Waals surface area contributed by atoms with Gasteiger partial charge in [-0.1, -0.05) is 18.0 Å². The van der Waals surface area contributed by atoms with Crippen LogP contribution in [0.15, 0.2) is 18.2 Å². The molecule has 1 spiro atoms. The van der Waals surface area contributed by atoms with Crippen LogP contribution < -0.4 is 5.32 Å². The van der Waals surface area contributed by atoms with E-state index in [0.29, 0.717) is 17.6 Å². The van der Waals surface area contributed by atoms with Crippen LogP contribution in [0.2, 0.25) is 5.02 Å². The fourth-order valence-electron chi connectivity index (χ4n) is 3.43. The van der Waals surface area contributed by atoms with Gasteiger partial charge in [-0.3, -0.25) is 0 Å². The highest BCUT2D eigenvalue weighted by Gasteiger charge is 2.58. The largest absolute Gasteiger partial charge is 0.382 e. The molecular weight excluding hydrogens is 265 g/mol. The molecule has 2 atom stereocenters. The normalized spacial score (nSPS) is 27.7. The van der Waals surface area contributed by atoms with Gasteiger partial charge in [-0.05, 0) is 44.4 Å². The summed E-state index contributed by atoms with van der Waals surface area (Å²) in [5.41, 5.74) is 1.20. The Morgan fingerprint density at radius 2 is 2.26 bits per heavy atom. The summed E-state index contributed by atoms with van der Waals surface area (Å²) in [6, 6.07) is 5.26. The molecule has 0 aromatic heterocycles. The van der Waals surface area contributed by atoms with Gasteiger partial charge in [0.15, 0.2) is 0 Å². The highest BCUT2D eigenvalue weighted by molar-refractivity contribution is 6.31. The van der Waals surface area contributed by atoms with E-state index in [4.69, 9.17) is 16.3 Å². The minimum absolute atomic E-state index is 0.174. The number of hydrogen-bond donors (Lipinski definition) is 1. The number of benzene rings is 1. The lowest BCUT2D eigenvalue weighted by Crippen LogP contribution is -2.64. The fourth-order valence-corrected chi connectivity index (χ4v) is 3.61. The highest BCUT2D eigenvalue weighted by Crippen LogP contribution is 2.58. The van der Waals surface area contributed by atoms with E-state index in [2.05, 4.69) is 5.32 Å². The molecule has 1 aromatic rings. The lowest BCUT2D eigenvalue weighted by molar-refractivity contribution is -0.157. The Bertz CT molecular complexity index is 475. The van der Waals surface area contributed by atoms with E-state index in [1.54, 1.807) is 12.1 Å². The smallest absolute Gasteiger partial charge is 0.141 e. The summed E-state index contributed by atoms with van der Waals surface area (Å²) in [7, 11) is 0. The second-order valence-electron chi connectivity index (χ2n) is 5.59. The van der Waals surface area contributed by atoms with Crippen molar-refractivity contribution in [3.05, 3.63) is 29.0 Å². The summed E-state index contributed by atoms with van der Waals surface area (Å²) in [6.45, 7) is 2.83. The highest BCUT2D eigenvalue weighted by atomic mass is 35.5. The van der Waals surface area contributed by atoms with Crippen molar-refractivity contribution < 1.29 is 9.13 Å². The van der Waals surface area contributed by atoms with Crippen LogP contribution >= 0.6 is 11.6 Å². The molecule has 19 heavy (non-hydrogen) atoms. The van der Waals surface area contributed by atoms with Gasteiger partial charge in [0.25, 0.3) is 0 Å². The van der Waals surface area contributed by atoms with Gasteiger partial charge in [0.2, 0.25) is 0 Å². The first-order valence-corrected chi connectivity index (χ1v) is 7.37. The Labute approximate surface area is 118 Å². The summed E-state index contributed by atoms with van der Waals surface area (Å²) in [6.07, 6.45) is 5.16. The molecule has 104 valence electrons. The van der Waals surface area contributed by atoms with Gasteiger partial charge >= 0.3 is 0 Å². The van der Waals surface area contributed by atoms with Crippen molar-refractivity contribution in [2.45, 2.75) is 44.8 Å². The molecule has 0 heterocycles. The minimum atomic E-state index is -0.369. The Morgan fingerprint density at radius 3 is 2.84 bits per heavy atom. The maximum atomic E-state index is 13.1. The number of anilines is 1. The van der Waals surface area contributed by atoms with E-state index in [1.165, 1.54) is 25.3 Å². The number of hydrogen-bond acceptors (Lipinski definition) is 2. The van der Waals surface area contributed by atoms with Crippen LogP contribution in [0.5, 0.6) is 0 Å². The third-order valence-electron chi connectivity index (χ3n) is 4.70. The monoisotopic (exact) mass is 283 g/mol. The van der Waals surface area contributed by atoms with Crippen LogP contribution in [-0.4, -0.2) is 18.8 Å². The molecule has 4 heteroatoms. The quantitative estimate of drug-likeness (QED) is 0.892. The predicted octanol–water partition coefficient (Wildman–Crippen LogP) is 4.24. The molecule has 3 rings (SSSR count). The minimum Gasteiger partial charge on any atom is -0.382 e. The van der Waals surface area contributed by atoms with Gasteiger partial charge in [-0.2, -0.15) is 0 Å². The number of rotatable bonds is 4. The van der Waals surface area contributed by atoms with Crippen molar-refractivity contribution in [2.75, 3.05) is 11.9 Å². The van der Waals surface area contributed by atoms with Crippen molar-refractivity contribution >= 4 is 17.3 Å². The molecule has 0 saturated heterocycles.